The summed E-state index contributed by atoms with van der Waals surface area (Å²) < 4.78 is 11.2. The Balaban J connectivity index is 1.93. The van der Waals surface area contributed by atoms with Crippen LogP contribution < -0.4 is 15.0 Å². The number of benzene rings is 2. The molecule has 5 heteroatoms. The molecule has 154 valence electrons. The van der Waals surface area contributed by atoms with Crippen molar-refractivity contribution in [1.82, 2.24) is 9.97 Å². The van der Waals surface area contributed by atoms with Crippen molar-refractivity contribution in [2.75, 3.05) is 14.2 Å². The summed E-state index contributed by atoms with van der Waals surface area (Å²) in [6.07, 6.45) is 2.23. The molecule has 0 saturated carbocycles. The average Bonchev–Trinajstić information content (AvgIpc) is 2.75. The van der Waals surface area contributed by atoms with E-state index in [9.17, 15) is 4.79 Å². The zero-order valence-electron chi connectivity index (χ0n) is 17.8. The minimum Gasteiger partial charge on any atom is -0.493 e. The topological polar surface area (TPSA) is 64.2 Å². The predicted octanol–water partition coefficient (Wildman–Crippen LogP) is 4.95. The fourth-order valence-electron chi connectivity index (χ4n) is 4.08. The molecule has 1 N–H and O–H groups in total. The van der Waals surface area contributed by atoms with Gasteiger partial charge in [-0.1, -0.05) is 25.5 Å². The van der Waals surface area contributed by atoms with Gasteiger partial charge in [-0.3, -0.25) is 9.78 Å². The van der Waals surface area contributed by atoms with Crippen LogP contribution in [0.4, 0.5) is 0 Å². The monoisotopic (exact) mass is 402 g/mol. The maximum atomic E-state index is 13.1. The predicted molar refractivity (Wildman–Crippen MR) is 121 cm³/mol. The molecule has 0 amide bonds. The summed E-state index contributed by atoms with van der Waals surface area (Å²) in [5, 5.41) is 2.89. The number of pyridine rings is 2. The molecule has 2 aromatic heterocycles. The quantitative estimate of drug-likeness (QED) is 0.496. The first-order valence-electron chi connectivity index (χ1n) is 10.2. The van der Waals surface area contributed by atoms with Crippen LogP contribution >= 0.6 is 0 Å². The van der Waals surface area contributed by atoms with Crippen molar-refractivity contribution < 1.29 is 9.47 Å². The molecular weight excluding hydrogens is 376 g/mol. The van der Waals surface area contributed by atoms with Crippen molar-refractivity contribution in [3.05, 3.63) is 75.3 Å². The zero-order chi connectivity index (χ0) is 21.3. The second-order valence-electron chi connectivity index (χ2n) is 7.54. The van der Waals surface area contributed by atoms with E-state index in [0.717, 1.165) is 51.5 Å². The molecule has 2 aromatic carbocycles. The maximum Gasteiger partial charge on any atom is 0.252 e. The number of aromatic nitrogens is 2. The third-order valence-corrected chi connectivity index (χ3v) is 5.48. The van der Waals surface area contributed by atoms with Gasteiger partial charge in [0.25, 0.3) is 5.56 Å². The second-order valence-corrected chi connectivity index (χ2v) is 7.54. The minimum atomic E-state index is -0.0837. The molecule has 0 bridgehead atoms. The lowest BCUT2D eigenvalue weighted by molar-refractivity contribution is 0.358. The third kappa shape index (κ3) is 3.52. The van der Waals surface area contributed by atoms with Crippen molar-refractivity contribution in [2.24, 2.45) is 0 Å². The molecular formula is C25H26N2O3. The Morgan fingerprint density at radius 3 is 2.60 bits per heavy atom. The van der Waals surface area contributed by atoms with Gasteiger partial charge in [-0.2, -0.15) is 0 Å². The van der Waals surface area contributed by atoms with Crippen LogP contribution in [-0.2, 0) is 12.8 Å². The van der Waals surface area contributed by atoms with Crippen molar-refractivity contribution >= 4 is 21.7 Å². The number of aryl methyl sites for hydroxylation is 2. The number of nitrogens with zero attached hydrogens (tertiary/aromatic N) is 1. The Morgan fingerprint density at radius 2 is 1.87 bits per heavy atom. The molecule has 0 aliphatic carbocycles. The van der Waals surface area contributed by atoms with Gasteiger partial charge in [0.2, 0.25) is 0 Å². The highest BCUT2D eigenvalue weighted by Crippen LogP contribution is 2.38. The average molecular weight is 402 g/mol. The molecule has 0 saturated heterocycles. The fraction of sp³-hybridized carbons (Fsp3) is 0.280. The molecule has 4 rings (SSSR count). The van der Waals surface area contributed by atoms with Crippen molar-refractivity contribution in [3.8, 4) is 11.5 Å². The number of rotatable bonds is 6. The van der Waals surface area contributed by atoms with Gasteiger partial charge in [0.15, 0.2) is 11.5 Å². The van der Waals surface area contributed by atoms with E-state index in [1.165, 1.54) is 0 Å². The number of fused-ring (bicyclic) bond motifs is 2. The van der Waals surface area contributed by atoms with Gasteiger partial charge >= 0.3 is 0 Å². The third-order valence-electron chi connectivity index (χ3n) is 5.48. The van der Waals surface area contributed by atoms with Crippen LogP contribution in [0.15, 0.2) is 47.3 Å². The molecule has 0 aliphatic heterocycles. The molecule has 2 heterocycles. The maximum absolute atomic E-state index is 13.1. The van der Waals surface area contributed by atoms with Crippen LogP contribution in [0.1, 0.15) is 35.9 Å². The highest BCUT2D eigenvalue weighted by Gasteiger charge is 2.19. The lowest BCUT2D eigenvalue weighted by Crippen LogP contribution is -2.17. The van der Waals surface area contributed by atoms with Crippen LogP contribution in [0.25, 0.3) is 21.7 Å². The molecule has 0 spiro atoms. The first-order valence-corrected chi connectivity index (χ1v) is 10.2. The summed E-state index contributed by atoms with van der Waals surface area (Å²) in [6, 6.07) is 14.1. The molecule has 0 radical (unpaired) electrons. The Kier molecular flexibility index (Phi) is 5.44. The van der Waals surface area contributed by atoms with Crippen LogP contribution in [0.5, 0.6) is 11.5 Å². The molecule has 0 aliphatic rings. The number of ether oxygens (including phenoxy) is 2. The normalized spacial score (nSPS) is 11.2. The van der Waals surface area contributed by atoms with Crippen LogP contribution in [0.3, 0.4) is 0 Å². The minimum absolute atomic E-state index is 0.0837. The smallest absolute Gasteiger partial charge is 0.252 e. The highest BCUT2D eigenvalue weighted by molar-refractivity contribution is 5.95. The molecule has 5 nitrogen and oxygen atoms in total. The lowest BCUT2D eigenvalue weighted by Gasteiger charge is -2.16. The van der Waals surface area contributed by atoms with Crippen molar-refractivity contribution in [3.63, 3.8) is 0 Å². The van der Waals surface area contributed by atoms with E-state index in [2.05, 4.69) is 29.0 Å². The van der Waals surface area contributed by atoms with Crippen LogP contribution in [0, 0.1) is 6.92 Å². The Morgan fingerprint density at radius 1 is 1.03 bits per heavy atom. The SMILES string of the molecule is CCCc1[nH]c(=O)c(Cc2ccc3nc(C)ccc3c2)c2c(OC)c(OC)ccc12. The molecule has 30 heavy (non-hydrogen) atoms. The molecule has 0 atom stereocenters. The van der Waals surface area contributed by atoms with E-state index < -0.39 is 0 Å². The zero-order valence-corrected chi connectivity index (χ0v) is 17.8. The van der Waals surface area contributed by atoms with E-state index >= 15 is 0 Å². The van der Waals surface area contributed by atoms with E-state index in [0.29, 0.717) is 23.5 Å². The van der Waals surface area contributed by atoms with Gasteiger partial charge in [0.05, 0.1) is 19.7 Å². The Hall–Kier alpha value is -3.34. The van der Waals surface area contributed by atoms with Crippen molar-refractivity contribution in [2.45, 2.75) is 33.1 Å². The number of hydrogen-bond donors (Lipinski definition) is 1. The van der Waals surface area contributed by atoms with Gasteiger partial charge in [0, 0.05) is 39.5 Å². The summed E-state index contributed by atoms with van der Waals surface area (Å²) in [7, 11) is 3.23. The van der Waals surface area contributed by atoms with E-state index in [1.807, 2.05) is 37.3 Å². The largest absolute Gasteiger partial charge is 0.493 e. The number of nitrogens with one attached hydrogen (secondary N) is 1. The van der Waals surface area contributed by atoms with Crippen LogP contribution in [-0.4, -0.2) is 24.2 Å². The van der Waals surface area contributed by atoms with Gasteiger partial charge in [-0.25, -0.2) is 0 Å². The van der Waals surface area contributed by atoms with Crippen molar-refractivity contribution in [1.29, 1.82) is 0 Å². The van der Waals surface area contributed by atoms with E-state index in [-0.39, 0.29) is 5.56 Å². The lowest BCUT2D eigenvalue weighted by atomic mass is 9.96. The Bertz CT molecular complexity index is 1290. The number of methoxy groups -OCH3 is 2. The first kappa shape index (κ1) is 20.0. The Labute approximate surface area is 175 Å². The summed E-state index contributed by atoms with van der Waals surface area (Å²) in [6.45, 7) is 4.08. The number of H-pyrrole nitrogens is 1. The van der Waals surface area contributed by atoms with Gasteiger partial charge < -0.3 is 14.5 Å². The summed E-state index contributed by atoms with van der Waals surface area (Å²) >= 11 is 0. The summed E-state index contributed by atoms with van der Waals surface area (Å²) in [4.78, 5) is 20.8. The first-order chi connectivity index (χ1) is 14.5. The van der Waals surface area contributed by atoms with E-state index in [4.69, 9.17) is 9.47 Å². The van der Waals surface area contributed by atoms with E-state index in [1.54, 1.807) is 14.2 Å². The van der Waals surface area contributed by atoms with Gasteiger partial charge in [0.1, 0.15) is 0 Å². The highest BCUT2D eigenvalue weighted by atomic mass is 16.5. The van der Waals surface area contributed by atoms with Gasteiger partial charge in [-0.15, -0.1) is 0 Å². The molecule has 0 unspecified atom stereocenters. The van der Waals surface area contributed by atoms with Crippen LogP contribution in [0.2, 0.25) is 0 Å². The van der Waals surface area contributed by atoms with Gasteiger partial charge in [-0.05, 0) is 49.2 Å². The molecule has 4 aromatic rings. The number of hydrogen-bond acceptors (Lipinski definition) is 4. The fourth-order valence-corrected chi connectivity index (χ4v) is 4.08. The molecule has 0 fully saturated rings. The summed E-state index contributed by atoms with van der Waals surface area (Å²) in [5.41, 5.74) is 4.52. The standard InChI is InChI=1S/C25H26N2O3/c1-5-6-21-18-10-12-22(29-3)24(30-4)23(18)19(25(28)27-21)14-16-8-11-20-17(13-16)9-7-15(2)26-20/h7-13H,5-6,14H2,1-4H3,(H,27,28). The summed E-state index contributed by atoms with van der Waals surface area (Å²) in [5.74, 6) is 1.23. The number of aromatic amines is 1. The second kappa shape index (κ2) is 8.19.